The fourth-order valence-corrected chi connectivity index (χ4v) is 3.43. The third-order valence-electron chi connectivity index (χ3n) is 4.59. The van der Waals surface area contributed by atoms with Gasteiger partial charge >= 0.3 is 0 Å². The molecule has 1 amide bonds. The Balaban J connectivity index is 2.05. The molecule has 1 aromatic carbocycles. The lowest BCUT2D eigenvalue weighted by molar-refractivity contribution is -0.135. The van der Waals surface area contributed by atoms with E-state index in [0.29, 0.717) is 29.9 Å². The zero-order valence-corrected chi connectivity index (χ0v) is 15.2. The zero-order chi connectivity index (χ0) is 18.7. The topological polar surface area (TPSA) is 75.4 Å². The van der Waals surface area contributed by atoms with E-state index in [1.54, 1.807) is 24.4 Å². The molecule has 1 aliphatic heterocycles. The summed E-state index contributed by atoms with van der Waals surface area (Å²) in [6, 6.07) is 6.29. The molecule has 0 bridgehead atoms. The molecule has 1 aliphatic rings. The van der Waals surface area contributed by atoms with Gasteiger partial charge in [0.25, 0.3) is 0 Å². The van der Waals surface area contributed by atoms with E-state index in [0.717, 1.165) is 19.3 Å². The molecular formula is C19H24FN5O. The minimum Gasteiger partial charge on any atom is -0.368 e. The van der Waals surface area contributed by atoms with Gasteiger partial charge in [0, 0.05) is 23.9 Å². The molecular weight excluding hydrogens is 333 g/mol. The first-order chi connectivity index (χ1) is 12.5. The molecule has 2 aromatic rings. The number of carbonyl (C=O) groups excluding carboxylic acids is 1. The second-order valence-electron chi connectivity index (χ2n) is 6.84. The van der Waals surface area contributed by atoms with Crippen LogP contribution < -0.4 is 5.73 Å². The highest BCUT2D eigenvalue weighted by Crippen LogP contribution is 2.36. The van der Waals surface area contributed by atoms with Crippen LogP contribution in [0.3, 0.4) is 0 Å². The average Bonchev–Trinajstić information content (AvgIpc) is 2.62. The van der Waals surface area contributed by atoms with Gasteiger partial charge in [-0.15, -0.1) is 0 Å². The Morgan fingerprint density at radius 1 is 1.31 bits per heavy atom. The largest absolute Gasteiger partial charge is 0.368 e. The predicted octanol–water partition coefficient (Wildman–Crippen LogP) is 2.48. The van der Waals surface area contributed by atoms with E-state index in [4.69, 9.17) is 5.73 Å². The Morgan fingerprint density at radius 2 is 2.08 bits per heavy atom. The van der Waals surface area contributed by atoms with Gasteiger partial charge in [0.15, 0.2) is 0 Å². The summed E-state index contributed by atoms with van der Waals surface area (Å²) < 4.78 is 14.4. The smallest absolute Gasteiger partial charge is 0.237 e. The number of anilines is 1. The van der Waals surface area contributed by atoms with Gasteiger partial charge in [-0.1, -0.05) is 18.2 Å². The van der Waals surface area contributed by atoms with Gasteiger partial charge in [-0.05, 0) is 39.4 Å². The molecule has 3 rings (SSSR count). The van der Waals surface area contributed by atoms with Crippen molar-refractivity contribution in [3.05, 3.63) is 42.0 Å². The summed E-state index contributed by atoms with van der Waals surface area (Å²) in [5.74, 6) is -0.175. The number of piperidine rings is 1. The molecule has 7 heteroatoms. The lowest BCUT2D eigenvalue weighted by atomic mass is 9.93. The molecule has 138 valence electrons. The molecule has 6 nitrogen and oxygen atoms in total. The van der Waals surface area contributed by atoms with E-state index < -0.39 is 0 Å². The van der Waals surface area contributed by atoms with Crippen molar-refractivity contribution in [2.24, 2.45) is 0 Å². The minimum atomic E-state index is -0.343. The van der Waals surface area contributed by atoms with Gasteiger partial charge < -0.3 is 15.5 Å². The molecule has 1 aromatic heterocycles. The number of nitrogen functional groups attached to an aromatic ring is 1. The number of halogens is 1. The molecule has 0 aliphatic carbocycles. The second kappa shape index (κ2) is 7.78. The van der Waals surface area contributed by atoms with Gasteiger partial charge in [0.05, 0.1) is 18.3 Å². The second-order valence-corrected chi connectivity index (χ2v) is 6.84. The summed E-state index contributed by atoms with van der Waals surface area (Å²) in [5, 5.41) is 0. The monoisotopic (exact) mass is 357 g/mol. The highest BCUT2D eigenvalue weighted by Gasteiger charge is 2.31. The van der Waals surface area contributed by atoms with Gasteiger partial charge in [-0.3, -0.25) is 4.79 Å². The van der Waals surface area contributed by atoms with Crippen molar-refractivity contribution in [1.82, 2.24) is 19.8 Å². The molecule has 0 unspecified atom stereocenters. The van der Waals surface area contributed by atoms with Crippen molar-refractivity contribution < 1.29 is 9.18 Å². The van der Waals surface area contributed by atoms with Crippen molar-refractivity contribution >= 4 is 11.9 Å². The third-order valence-corrected chi connectivity index (χ3v) is 4.59. The van der Waals surface area contributed by atoms with E-state index in [1.807, 2.05) is 23.9 Å². The Labute approximate surface area is 152 Å². The van der Waals surface area contributed by atoms with Gasteiger partial charge in [-0.25, -0.2) is 14.4 Å². The molecule has 1 saturated heterocycles. The summed E-state index contributed by atoms with van der Waals surface area (Å²) >= 11 is 0. The number of nitrogens with zero attached hydrogens (tertiary/aromatic N) is 4. The Hall–Kier alpha value is -2.54. The van der Waals surface area contributed by atoms with E-state index in [1.165, 1.54) is 6.07 Å². The molecule has 1 fully saturated rings. The van der Waals surface area contributed by atoms with E-state index in [9.17, 15) is 9.18 Å². The van der Waals surface area contributed by atoms with Crippen molar-refractivity contribution in [2.45, 2.75) is 25.3 Å². The van der Waals surface area contributed by atoms with Crippen LogP contribution in [-0.4, -0.2) is 52.9 Å². The van der Waals surface area contributed by atoms with Gasteiger partial charge in [-0.2, -0.15) is 0 Å². The number of likely N-dealkylation sites (tertiary alicyclic amines) is 1. The van der Waals surface area contributed by atoms with Crippen LogP contribution >= 0.6 is 0 Å². The number of hydrogen-bond donors (Lipinski definition) is 1. The van der Waals surface area contributed by atoms with Crippen LogP contribution in [0.2, 0.25) is 0 Å². The van der Waals surface area contributed by atoms with Crippen molar-refractivity contribution in [1.29, 1.82) is 0 Å². The number of benzene rings is 1. The molecule has 26 heavy (non-hydrogen) atoms. The van der Waals surface area contributed by atoms with E-state index >= 15 is 0 Å². The number of nitrogens with two attached hydrogens (primary N) is 1. The lowest BCUT2D eigenvalue weighted by Crippen LogP contribution is -2.43. The number of carbonyl (C=O) groups is 1. The average molecular weight is 357 g/mol. The molecule has 1 atom stereocenters. The first kappa shape index (κ1) is 18.3. The molecule has 2 heterocycles. The summed E-state index contributed by atoms with van der Waals surface area (Å²) in [6.07, 6.45) is 4.26. The SMILES string of the molecule is CN(C)CC(=O)N1CCCC[C@@H]1c1nc(N)ncc1-c1ccccc1F. The highest BCUT2D eigenvalue weighted by molar-refractivity contribution is 5.79. The molecule has 0 spiro atoms. The maximum atomic E-state index is 14.4. The van der Waals surface area contributed by atoms with E-state index in [2.05, 4.69) is 9.97 Å². The van der Waals surface area contributed by atoms with Gasteiger partial charge in [0.2, 0.25) is 11.9 Å². The van der Waals surface area contributed by atoms with E-state index in [-0.39, 0.29) is 23.7 Å². The summed E-state index contributed by atoms with van der Waals surface area (Å²) in [5.41, 5.74) is 7.46. The standard InChI is InChI=1S/C19H24FN5O/c1-24(2)12-17(26)25-10-6-5-9-16(25)18-14(11-22-19(21)23-18)13-7-3-4-8-15(13)20/h3-4,7-8,11,16H,5-6,9-10,12H2,1-2H3,(H2,21,22,23)/t16-/m1/s1. The summed E-state index contributed by atoms with van der Waals surface area (Å²) in [6.45, 7) is 0.990. The van der Waals surface area contributed by atoms with Crippen molar-refractivity contribution in [3.8, 4) is 11.1 Å². The van der Waals surface area contributed by atoms with Crippen LogP contribution in [0.25, 0.3) is 11.1 Å². The van der Waals surface area contributed by atoms with Crippen LogP contribution in [0.1, 0.15) is 31.0 Å². The maximum Gasteiger partial charge on any atom is 0.237 e. The number of rotatable bonds is 4. The summed E-state index contributed by atoms with van der Waals surface area (Å²) in [7, 11) is 3.73. The fourth-order valence-electron chi connectivity index (χ4n) is 3.43. The van der Waals surface area contributed by atoms with Crippen LogP contribution in [0.5, 0.6) is 0 Å². The highest BCUT2D eigenvalue weighted by atomic mass is 19.1. The van der Waals surface area contributed by atoms with Crippen LogP contribution in [0.4, 0.5) is 10.3 Å². The molecule has 0 radical (unpaired) electrons. The Bertz CT molecular complexity index is 795. The van der Waals surface area contributed by atoms with Gasteiger partial charge in [0.1, 0.15) is 5.82 Å². The number of aromatic nitrogens is 2. The minimum absolute atomic E-state index is 0.0383. The lowest BCUT2D eigenvalue weighted by Gasteiger charge is -2.37. The zero-order valence-electron chi connectivity index (χ0n) is 15.2. The fraction of sp³-hybridized carbons (Fsp3) is 0.421. The predicted molar refractivity (Wildman–Crippen MR) is 98.7 cm³/mol. The number of hydrogen-bond acceptors (Lipinski definition) is 5. The van der Waals surface area contributed by atoms with Crippen molar-refractivity contribution in [3.63, 3.8) is 0 Å². The maximum absolute atomic E-state index is 14.4. The number of likely N-dealkylation sites (N-methyl/N-ethyl adjacent to an activating group) is 1. The quantitative estimate of drug-likeness (QED) is 0.910. The Morgan fingerprint density at radius 3 is 2.81 bits per heavy atom. The Kier molecular flexibility index (Phi) is 5.46. The third kappa shape index (κ3) is 3.83. The molecule has 0 saturated carbocycles. The van der Waals surface area contributed by atoms with Crippen molar-refractivity contribution in [2.75, 3.05) is 32.9 Å². The van der Waals surface area contributed by atoms with Crippen LogP contribution in [0.15, 0.2) is 30.5 Å². The number of amides is 1. The first-order valence-electron chi connectivity index (χ1n) is 8.79. The molecule has 2 N–H and O–H groups in total. The van der Waals surface area contributed by atoms with Crippen LogP contribution in [-0.2, 0) is 4.79 Å². The first-order valence-corrected chi connectivity index (χ1v) is 8.79. The van der Waals surface area contributed by atoms with Crippen LogP contribution in [0, 0.1) is 5.82 Å². The summed E-state index contributed by atoms with van der Waals surface area (Å²) in [4.78, 5) is 24.9. The normalized spacial score (nSPS) is 17.5.